The van der Waals surface area contributed by atoms with Gasteiger partial charge in [0.25, 0.3) is 11.8 Å². The number of thiazole rings is 1. The lowest BCUT2D eigenvalue weighted by atomic mass is 10.1. The number of nitrogens with one attached hydrogen (secondary N) is 1. The molecule has 0 bridgehead atoms. The molecule has 2 amide bonds. The number of aromatic nitrogens is 1. The predicted molar refractivity (Wildman–Crippen MR) is 135 cm³/mol. The maximum atomic E-state index is 13.3. The molecule has 182 valence electrons. The van der Waals surface area contributed by atoms with Gasteiger partial charge in [0.1, 0.15) is 10.7 Å². The van der Waals surface area contributed by atoms with Gasteiger partial charge in [0, 0.05) is 30.9 Å². The Morgan fingerprint density at radius 2 is 1.82 bits per heavy atom. The highest BCUT2D eigenvalue weighted by molar-refractivity contribution is 7.87. The van der Waals surface area contributed by atoms with E-state index in [0.29, 0.717) is 16.4 Å². The van der Waals surface area contributed by atoms with Crippen molar-refractivity contribution in [3.05, 3.63) is 73.4 Å². The number of rotatable bonds is 10. The molecule has 0 unspecified atom stereocenters. The molecule has 0 atom stereocenters. The molecule has 0 spiro atoms. The van der Waals surface area contributed by atoms with Crippen LogP contribution in [0.1, 0.15) is 47.6 Å². The minimum absolute atomic E-state index is 0.00456. The van der Waals surface area contributed by atoms with E-state index in [1.165, 1.54) is 47.7 Å². The molecule has 0 aliphatic rings. The van der Waals surface area contributed by atoms with Gasteiger partial charge in [0.05, 0.1) is 11.4 Å². The van der Waals surface area contributed by atoms with Crippen molar-refractivity contribution in [2.45, 2.75) is 33.2 Å². The molecule has 1 N–H and O–H groups in total. The lowest BCUT2D eigenvalue weighted by Gasteiger charge is -2.21. The Balaban J connectivity index is 1.74. The van der Waals surface area contributed by atoms with E-state index in [9.17, 15) is 18.0 Å². The summed E-state index contributed by atoms with van der Waals surface area (Å²) >= 11 is 2.69. The Bertz CT molecular complexity index is 1230. The third kappa shape index (κ3) is 6.72. The molecule has 2 heterocycles. The van der Waals surface area contributed by atoms with Crippen LogP contribution in [-0.4, -0.2) is 55.1 Å². The van der Waals surface area contributed by atoms with Crippen molar-refractivity contribution < 1.29 is 18.0 Å². The summed E-state index contributed by atoms with van der Waals surface area (Å²) in [5.41, 5.74) is 2.28. The van der Waals surface area contributed by atoms with Crippen LogP contribution in [-0.2, 0) is 23.2 Å². The minimum atomic E-state index is -3.91. The Hall–Kier alpha value is -2.60. The monoisotopic (exact) mass is 520 g/mol. The van der Waals surface area contributed by atoms with Gasteiger partial charge in [-0.15, -0.1) is 22.7 Å². The van der Waals surface area contributed by atoms with Gasteiger partial charge in [-0.25, -0.2) is 9.71 Å². The van der Waals surface area contributed by atoms with Crippen LogP contribution in [0.3, 0.4) is 0 Å². The summed E-state index contributed by atoms with van der Waals surface area (Å²) < 4.78 is 26.7. The molecule has 11 heteroatoms. The molecule has 2 aromatic heterocycles. The van der Waals surface area contributed by atoms with Gasteiger partial charge in [-0.1, -0.05) is 30.3 Å². The number of nitrogens with zero attached hydrogens (tertiary/aromatic N) is 3. The first-order chi connectivity index (χ1) is 16.1. The normalized spacial score (nSPS) is 11.6. The van der Waals surface area contributed by atoms with Gasteiger partial charge >= 0.3 is 10.2 Å². The van der Waals surface area contributed by atoms with Crippen LogP contribution in [0.15, 0.2) is 41.8 Å². The first-order valence-corrected chi connectivity index (χ1v) is 13.8. The van der Waals surface area contributed by atoms with Crippen molar-refractivity contribution in [2.24, 2.45) is 0 Å². The van der Waals surface area contributed by atoms with Gasteiger partial charge in [0.2, 0.25) is 0 Å². The summed E-state index contributed by atoms with van der Waals surface area (Å²) in [7, 11) is -1.26. The first-order valence-electron chi connectivity index (χ1n) is 10.7. The van der Waals surface area contributed by atoms with Crippen LogP contribution in [0.4, 0.5) is 0 Å². The molecule has 3 aromatic rings. The summed E-state index contributed by atoms with van der Waals surface area (Å²) in [4.78, 5) is 33.4. The molecule has 0 radical (unpaired) electrons. The van der Waals surface area contributed by atoms with Gasteiger partial charge in [-0.05, 0) is 43.9 Å². The van der Waals surface area contributed by atoms with Crippen LogP contribution in [0, 0.1) is 13.8 Å². The predicted octanol–water partition coefficient (Wildman–Crippen LogP) is 3.63. The van der Waals surface area contributed by atoms with Crippen LogP contribution in [0.2, 0.25) is 0 Å². The van der Waals surface area contributed by atoms with Crippen molar-refractivity contribution >= 4 is 44.7 Å². The third-order valence-corrected chi connectivity index (χ3v) is 8.59. The molecular formula is C23H28N4O4S3. The molecule has 0 saturated heterocycles. The fraction of sp³-hybridized carbons (Fsp3) is 0.348. The Kier molecular flexibility index (Phi) is 8.58. The summed E-state index contributed by atoms with van der Waals surface area (Å²) in [6.07, 6.45) is 1.61. The van der Waals surface area contributed by atoms with Crippen LogP contribution < -0.4 is 4.72 Å². The van der Waals surface area contributed by atoms with E-state index in [2.05, 4.69) is 17.1 Å². The number of benzene rings is 1. The maximum Gasteiger partial charge on any atom is 0.303 e. The van der Waals surface area contributed by atoms with E-state index >= 15 is 0 Å². The molecule has 1 aromatic carbocycles. The molecular weight excluding hydrogens is 492 g/mol. The fourth-order valence-electron chi connectivity index (χ4n) is 3.12. The summed E-state index contributed by atoms with van der Waals surface area (Å²) in [6, 6.07) is 12.0. The van der Waals surface area contributed by atoms with Crippen molar-refractivity contribution in [1.82, 2.24) is 18.9 Å². The van der Waals surface area contributed by atoms with Crippen LogP contribution >= 0.6 is 22.7 Å². The van der Waals surface area contributed by atoms with E-state index in [1.807, 2.05) is 42.8 Å². The van der Waals surface area contributed by atoms with E-state index in [0.717, 1.165) is 27.6 Å². The fourth-order valence-corrected chi connectivity index (χ4v) is 5.43. The van der Waals surface area contributed by atoms with Crippen molar-refractivity contribution in [3.8, 4) is 0 Å². The molecule has 0 fully saturated rings. The van der Waals surface area contributed by atoms with Gasteiger partial charge in [-0.3, -0.25) is 9.59 Å². The molecule has 3 rings (SSSR count). The Morgan fingerprint density at radius 3 is 2.44 bits per heavy atom. The second-order valence-electron chi connectivity index (χ2n) is 8.01. The Labute approximate surface area is 208 Å². The zero-order valence-electron chi connectivity index (χ0n) is 19.6. The average Bonchev–Trinajstić information content (AvgIpc) is 3.39. The number of thiophene rings is 1. The molecule has 0 aliphatic heterocycles. The first kappa shape index (κ1) is 26.0. The van der Waals surface area contributed by atoms with Gasteiger partial charge in [-0.2, -0.15) is 12.7 Å². The molecule has 34 heavy (non-hydrogen) atoms. The second kappa shape index (κ2) is 11.2. The van der Waals surface area contributed by atoms with Gasteiger partial charge in [0.15, 0.2) is 0 Å². The Morgan fingerprint density at radius 1 is 1.12 bits per heavy atom. The van der Waals surface area contributed by atoms with E-state index in [-0.39, 0.29) is 18.1 Å². The highest BCUT2D eigenvalue weighted by Crippen LogP contribution is 2.24. The van der Waals surface area contributed by atoms with Crippen molar-refractivity contribution in [2.75, 3.05) is 20.6 Å². The van der Waals surface area contributed by atoms with Crippen LogP contribution in [0.5, 0.6) is 0 Å². The summed E-state index contributed by atoms with van der Waals surface area (Å²) in [5, 5.41) is 2.06. The van der Waals surface area contributed by atoms with Crippen molar-refractivity contribution in [3.63, 3.8) is 0 Å². The van der Waals surface area contributed by atoms with E-state index < -0.39 is 16.1 Å². The standard InChI is InChI=1S/C23H28N4O4S3/c1-16-13-20(33-17(16)2)23(29)27(12-8-11-18-9-6-5-7-10-18)14-21-24-19(15-32-21)22(28)25-34(30,31)26(3)4/h5-7,9-10,13,15H,8,11-12,14H2,1-4H3,(H,25,28). The highest BCUT2D eigenvalue weighted by atomic mass is 32.2. The summed E-state index contributed by atoms with van der Waals surface area (Å²) in [5.74, 6) is -0.881. The highest BCUT2D eigenvalue weighted by Gasteiger charge is 2.23. The number of carbonyl (C=O) groups excluding carboxylic acids is 2. The summed E-state index contributed by atoms with van der Waals surface area (Å²) in [6.45, 7) is 4.74. The zero-order chi connectivity index (χ0) is 24.9. The van der Waals surface area contributed by atoms with E-state index in [1.54, 1.807) is 4.90 Å². The molecule has 8 nitrogen and oxygen atoms in total. The zero-order valence-corrected chi connectivity index (χ0v) is 22.0. The lowest BCUT2D eigenvalue weighted by molar-refractivity contribution is 0.0746. The number of hydrogen-bond acceptors (Lipinski definition) is 7. The second-order valence-corrected chi connectivity index (χ2v) is 12.1. The quantitative estimate of drug-likeness (QED) is 0.440. The topological polar surface area (TPSA) is 99.7 Å². The SMILES string of the molecule is Cc1cc(C(=O)N(CCCc2ccccc2)Cc2nc(C(=O)NS(=O)(=O)N(C)C)cs2)sc1C. The number of amides is 2. The van der Waals surface area contributed by atoms with E-state index in [4.69, 9.17) is 0 Å². The third-order valence-electron chi connectivity index (χ3n) is 5.21. The minimum Gasteiger partial charge on any atom is -0.331 e. The smallest absolute Gasteiger partial charge is 0.303 e. The average molecular weight is 521 g/mol. The number of hydrogen-bond donors (Lipinski definition) is 1. The van der Waals surface area contributed by atoms with Crippen LogP contribution in [0.25, 0.3) is 0 Å². The van der Waals surface area contributed by atoms with Crippen molar-refractivity contribution in [1.29, 1.82) is 0 Å². The maximum absolute atomic E-state index is 13.3. The molecule has 0 aliphatic carbocycles. The van der Waals surface area contributed by atoms with Gasteiger partial charge < -0.3 is 4.90 Å². The largest absolute Gasteiger partial charge is 0.331 e. The molecule has 0 saturated carbocycles. The lowest BCUT2D eigenvalue weighted by Crippen LogP contribution is -2.39. The number of carbonyl (C=O) groups is 2. The number of aryl methyl sites for hydroxylation is 3.